The average molecular weight is 871 g/mol. The molecule has 0 bridgehead atoms. The van der Waals surface area contributed by atoms with Gasteiger partial charge in [-0.25, -0.2) is 9.97 Å². The molecule has 67 heavy (non-hydrogen) atoms. The van der Waals surface area contributed by atoms with Crippen LogP contribution in [0.5, 0.6) is 0 Å². The summed E-state index contributed by atoms with van der Waals surface area (Å²) in [6.07, 6.45) is 0. The van der Waals surface area contributed by atoms with Gasteiger partial charge in [-0.05, 0) is 108 Å². The van der Waals surface area contributed by atoms with E-state index >= 15 is 0 Å². The first-order valence-electron chi connectivity index (χ1n) is 22.7. The molecule has 12 rings (SSSR count). The summed E-state index contributed by atoms with van der Waals surface area (Å²) in [4.78, 5) is 11.7. The Labute approximate surface area is 394 Å². The van der Waals surface area contributed by atoms with Crippen LogP contribution in [0.2, 0.25) is 0 Å². The van der Waals surface area contributed by atoms with Crippen LogP contribution in [0.25, 0.3) is 121 Å². The highest BCUT2D eigenvalue weighted by Gasteiger charge is 2.24. The van der Waals surface area contributed by atoms with Gasteiger partial charge >= 0.3 is 0 Å². The maximum Gasteiger partial charge on any atom is 0.161 e. The maximum absolute atomic E-state index is 5.45. The van der Waals surface area contributed by atoms with Gasteiger partial charge in [0.05, 0.1) is 5.69 Å². The fourth-order valence-electron chi connectivity index (χ4n) is 9.60. The predicted molar refractivity (Wildman–Crippen MR) is 284 cm³/mol. The zero-order valence-corrected chi connectivity index (χ0v) is 37.4. The molecule has 0 spiro atoms. The monoisotopic (exact) mass is 870 g/mol. The number of fused-ring (bicyclic) bond motifs is 3. The third-order valence-electron chi connectivity index (χ3n) is 12.7. The lowest BCUT2D eigenvalue weighted by Gasteiger charge is -2.24. The fourth-order valence-corrected chi connectivity index (χ4v) is 10.7. The number of hydrogen-bond donors (Lipinski definition) is 0. The molecule has 0 fully saturated rings. The molecule has 314 valence electrons. The highest BCUT2D eigenvalue weighted by molar-refractivity contribution is 7.25. The van der Waals surface area contributed by atoms with Crippen molar-refractivity contribution in [3.63, 3.8) is 0 Å². The third kappa shape index (κ3) is 7.62. The van der Waals surface area contributed by atoms with E-state index in [1.165, 1.54) is 65.7 Å². The van der Waals surface area contributed by atoms with Gasteiger partial charge < -0.3 is 0 Å². The van der Waals surface area contributed by atoms with E-state index in [0.29, 0.717) is 5.82 Å². The second-order valence-electron chi connectivity index (χ2n) is 16.8. The number of benzene rings is 10. The van der Waals surface area contributed by atoms with Crippen LogP contribution in [-0.4, -0.2) is 9.97 Å². The van der Waals surface area contributed by atoms with Crippen molar-refractivity contribution < 1.29 is 0 Å². The van der Waals surface area contributed by atoms with E-state index in [1.807, 2.05) is 0 Å². The van der Waals surface area contributed by atoms with Crippen LogP contribution in [0.4, 0.5) is 0 Å². The molecule has 2 aromatic heterocycles. The second-order valence-corrected chi connectivity index (χ2v) is 17.9. The maximum atomic E-state index is 5.45. The molecule has 0 aliphatic rings. The number of thiophene rings is 1. The Hall–Kier alpha value is -8.50. The molecule has 0 aliphatic heterocycles. The summed E-state index contributed by atoms with van der Waals surface area (Å²) in [7, 11) is 0. The second kappa shape index (κ2) is 17.5. The molecule has 2 heterocycles. The average Bonchev–Trinajstić information content (AvgIpc) is 3.80. The van der Waals surface area contributed by atoms with E-state index in [-0.39, 0.29) is 0 Å². The zero-order valence-electron chi connectivity index (χ0n) is 36.6. The highest BCUT2D eigenvalue weighted by Crippen LogP contribution is 2.51. The van der Waals surface area contributed by atoms with Gasteiger partial charge in [-0.1, -0.05) is 224 Å². The number of nitrogens with zero attached hydrogens (tertiary/aromatic N) is 2. The van der Waals surface area contributed by atoms with E-state index in [0.717, 1.165) is 49.3 Å². The molecule has 10 aromatic carbocycles. The number of rotatable bonds is 9. The van der Waals surface area contributed by atoms with E-state index < -0.39 is 0 Å². The lowest BCUT2D eigenvalue weighted by Crippen LogP contribution is -1.98. The highest BCUT2D eigenvalue weighted by atomic mass is 32.1. The van der Waals surface area contributed by atoms with Crippen LogP contribution < -0.4 is 0 Å². The van der Waals surface area contributed by atoms with Crippen molar-refractivity contribution in [2.75, 3.05) is 0 Å². The minimum Gasteiger partial charge on any atom is -0.227 e. The molecule has 2 nitrogen and oxygen atoms in total. The summed E-state index contributed by atoms with van der Waals surface area (Å²) in [5.74, 6) is 0.708. The summed E-state index contributed by atoms with van der Waals surface area (Å²) < 4.78 is 1.20. The Kier molecular flexibility index (Phi) is 10.4. The molecule has 12 aromatic rings. The minimum absolute atomic E-state index is 0.708. The van der Waals surface area contributed by atoms with Crippen LogP contribution in [0.1, 0.15) is 0 Å². The van der Waals surface area contributed by atoms with Crippen molar-refractivity contribution in [3.05, 3.63) is 255 Å². The Bertz CT molecular complexity index is 3710. The molecule has 0 atom stereocenters. The molecule has 0 saturated heterocycles. The van der Waals surface area contributed by atoms with Crippen molar-refractivity contribution in [1.29, 1.82) is 0 Å². The van der Waals surface area contributed by atoms with E-state index in [1.54, 1.807) is 11.3 Å². The summed E-state index contributed by atoms with van der Waals surface area (Å²) in [6.45, 7) is 0. The van der Waals surface area contributed by atoms with Crippen molar-refractivity contribution in [1.82, 2.24) is 9.97 Å². The van der Waals surface area contributed by atoms with Gasteiger partial charge in [0.2, 0.25) is 0 Å². The molecule has 0 saturated carbocycles. The van der Waals surface area contributed by atoms with Crippen LogP contribution in [-0.2, 0) is 0 Å². The smallest absolute Gasteiger partial charge is 0.161 e. The molecule has 0 aliphatic carbocycles. The first kappa shape index (κ1) is 40.0. The van der Waals surface area contributed by atoms with E-state index in [4.69, 9.17) is 9.97 Å². The normalized spacial score (nSPS) is 11.3. The quantitative estimate of drug-likeness (QED) is 0.144. The molecule has 0 amide bonds. The van der Waals surface area contributed by atoms with Crippen molar-refractivity contribution in [2.45, 2.75) is 0 Å². The third-order valence-corrected chi connectivity index (χ3v) is 13.8. The van der Waals surface area contributed by atoms with Gasteiger partial charge in [0.25, 0.3) is 0 Å². The van der Waals surface area contributed by atoms with Crippen LogP contribution in [0.3, 0.4) is 0 Å². The van der Waals surface area contributed by atoms with Gasteiger partial charge in [-0.2, -0.15) is 0 Å². The fraction of sp³-hybridized carbons (Fsp3) is 0. The van der Waals surface area contributed by atoms with Gasteiger partial charge in [0.1, 0.15) is 4.83 Å². The lowest BCUT2D eigenvalue weighted by molar-refractivity contribution is 1.24. The minimum atomic E-state index is 0.708. The van der Waals surface area contributed by atoms with Gasteiger partial charge in [0, 0.05) is 26.6 Å². The Balaban J connectivity index is 1.04. The summed E-state index contributed by atoms with van der Waals surface area (Å²) in [6, 6.07) is 91.5. The van der Waals surface area contributed by atoms with Gasteiger partial charge in [-0.3, -0.25) is 0 Å². The molecule has 3 heteroatoms. The SMILES string of the molecule is c1ccc(-c2cccc(-c3nc(-c4cccc(-c5cccc(-c6cc(-c7ccccc7)c(-c7ccccc7)c(-c7ccccc7)c6-c6ccccc6)c5)c4)nc4sc5ccccc5c34)c2)cc1. The Morgan fingerprint density at radius 1 is 0.269 bits per heavy atom. The topological polar surface area (TPSA) is 25.8 Å². The molecular formula is C64H42N2S. The Morgan fingerprint density at radius 2 is 0.672 bits per heavy atom. The largest absolute Gasteiger partial charge is 0.227 e. The van der Waals surface area contributed by atoms with Crippen LogP contribution >= 0.6 is 11.3 Å². The molecular weight excluding hydrogens is 829 g/mol. The molecule has 0 radical (unpaired) electrons. The Morgan fingerprint density at radius 3 is 1.27 bits per heavy atom. The van der Waals surface area contributed by atoms with Gasteiger partial charge in [0.15, 0.2) is 5.82 Å². The summed E-state index contributed by atoms with van der Waals surface area (Å²) in [5, 5.41) is 2.27. The zero-order chi connectivity index (χ0) is 44.5. The summed E-state index contributed by atoms with van der Waals surface area (Å²) in [5.41, 5.74) is 19.3. The van der Waals surface area contributed by atoms with Crippen molar-refractivity contribution in [2.24, 2.45) is 0 Å². The number of hydrogen-bond acceptors (Lipinski definition) is 3. The predicted octanol–water partition coefficient (Wildman–Crippen LogP) is 17.8. The van der Waals surface area contributed by atoms with Gasteiger partial charge in [-0.15, -0.1) is 11.3 Å². The van der Waals surface area contributed by atoms with Crippen LogP contribution in [0, 0.1) is 0 Å². The standard InChI is InChI=1S/C64H42N2S/c1-6-21-43(22-7-1)48-31-19-35-52(40-48)62-61-54-37-16-17-38-57(54)67-64(61)66-63(65-62)53-36-20-33-50(41-53)49-32-18-34-51(39-49)56-42-55(44-23-8-2-9-24-44)58(45-25-10-3-11-26-45)60(47-29-14-5-15-30-47)59(56)46-27-12-4-13-28-46/h1-42H. The number of aromatic nitrogens is 2. The van der Waals surface area contributed by atoms with Crippen molar-refractivity contribution >= 4 is 31.6 Å². The van der Waals surface area contributed by atoms with E-state index in [9.17, 15) is 0 Å². The first-order valence-corrected chi connectivity index (χ1v) is 23.5. The molecule has 0 unspecified atom stereocenters. The van der Waals surface area contributed by atoms with E-state index in [2.05, 4.69) is 255 Å². The first-order chi connectivity index (χ1) is 33.2. The summed E-state index contributed by atoms with van der Waals surface area (Å²) >= 11 is 1.73. The van der Waals surface area contributed by atoms with Crippen molar-refractivity contribution in [3.8, 4) is 101 Å². The lowest BCUT2D eigenvalue weighted by atomic mass is 9.78. The molecule has 0 N–H and O–H groups in total. The van der Waals surface area contributed by atoms with Crippen LogP contribution in [0.15, 0.2) is 255 Å².